The second kappa shape index (κ2) is 25.6. The fraction of sp³-hybridized carbons (Fsp3) is 0.931. The van der Waals surface area contributed by atoms with Crippen molar-refractivity contribution in [3.05, 3.63) is 0 Å². The predicted octanol–water partition coefficient (Wildman–Crippen LogP) is 9.39. The van der Waals surface area contributed by atoms with Crippen LogP contribution in [0.4, 0.5) is 0 Å². The molecule has 1 unspecified atom stereocenters. The summed E-state index contributed by atoms with van der Waals surface area (Å²) in [5.41, 5.74) is 0. The van der Waals surface area contributed by atoms with E-state index >= 15 is 0 Å². The zero-order valence-electron chi connectivity index (χ0n) is 22.2. The summed E-state index contributed by atoms with van der Waals surface area (Å²) in [4.78, 5) is 22.9. The molecule has 196 valence electrons. The Hall–Kier alpha value is -1.06. The van der Waals surface area contributed by atoms with Gasteiger partial charge in [0, 0.05) is 12.8 Å². The highest BCUT2D eigenvalue weighted by molar-refractivity contribution is 5.69. The number of hydrogen-bond donors (Lipinski definition) is 1. The van der Waals surface area contributed by atoms with Crippen molar-refractivity contribution in [1.82, 2.24) is 0 Å². The molecule has 0 fully saturated rings. The normalized spacial score (nSPS) is 12.1. The molecule has 1 N–H and O–H groups in total. The Kier molecular flexibility index (Phi) is 24.7. The molecule has 0 aliphatic carbocycles. The molecule has 0 amide bonds. The van der Waals surface area contributed by atoms with Gasteiger partial charge in [-0.3, -0.25) is 9.59 Å². The topological polar surface area (TPSA) is 63.6 Å². The third-order valence-corrected chi connectivity index (χ3v) is 6.58. The molecule has 0 saturated carbocycles. The van der Waals surface area contributed by atoms with E-state index in [4.69, 9.17) is 9.84 Å². The molecule has 33 heavy (non-hydrogen) atoms. The zero-order chi connectivity index (χ0) is 24.4. The van der Waals surface area contributed by atoms with Crippen LogP contribution in [0.5, 0.6) is 0 Å². The molecule has 0 bridgehead atoms. The summed E-state index contributed by atoms with van der Waals surface area (Å²) < 4.78 is 5.84. The van der Waals surface area contributed by atoms with Gasteiger partial charge < -0.3 is 9.84 Å². The number of hydrogen-bond acceptors (Lipinski definition) is 3. The average molecular weight is 469 g/mol. The van der Waals surface area contributed by atoms with Crippen molar-refractivity contribution >= 4 is 11.9 Å². The number of carboxylic acids is 1. The van der Waals surface area contributed by atoms with Crippen LogP contribution in [0.2, 0.25) is 0 Å². The first kappa shape index (κ1) is 31.9. The number of ether oxygens (including phenoxy) is 1. The van der Waals surface area contributed by atoms with Crippen LogP contribution in [0.1, 0.15) is 168 Å². The Bertz CT molecular complexity index is 435. The maximum atomic E-state index is 12.3. The highest BCUT2D eigenvalue weighted by Crippen LogP contribution is 2.18. The number of esters is 1. The van der Waals surface area contributed by atoms with E-state index in [1.807, 2.05) is 0 Å². The fourth-order valence-corrected chi connectivity index (χ4v) is 4.42. The summed E-state index contributed by atoms with van der Waals surface area (Å²) >= 11 is 0. The Morgan fingerprint density at radius 2 is 0.909 bits per heavy atom. The highest BCUT2D eigenvalue weighted by Gasteiger charge is 2.14. The molecule has 0 aromatic rings. The van der Waals surface area contributed by atoms with Crippen molar-refractivity contribution in [2.45, 2.75) is 174 Å². The van der Waals surface area contributed by atoms with Gasteiger partial charge in [0.05, 0.1) is 0 Å². The summed E-state index contributed by atoms with van der Waals surface area (Å²) in [5, 5.41) is 8.69. The molecular weight excluding hydrogens is 412 g/mol. The lowest BCUT2D eigenvalue weighted by molar-refractivity contribution is -0.150. The molecule has 4 nitrogen and oxygen atoms in total. The third kappa shape index (κ3) is 25.4. The minimum Gasteiger partial charge on any atom is -0.481 e. The third-order valence-electron chi connectivity index (χ3n) is 6.58. The number of aliphatic carboxylic acids is 1. The molecule has 0 aliphatic heterocycles. The van der Waals surface area contributed by atoms with Crippen molar-refractivity contribution in [3.63, 3.8) is 0 Å². The van der Waals surface area contributed by atoms with Crippen LogP contribution in [0.25, 0.3) is 0 Å². The molecule has 0 rings (SSSR count). The van der Waals surface area contributed by atoms with Gasteiger partial charge in [0.1, 0.15) is 6.10 Å². The standard InChI is InChI=1S/C29H56O4/c1-3-5-7-8-9-10-11-12-13-14-18-22-26-29(32)33-27(23-19-6-4-2)24-20-16-15-17-21-25-28(30)31/h27H,3-26H2,1-2H3,(H,30,31). The Balaban J connectivity index is 3.76. The first-order valence-corrected chi connectivity index (χ1v) is 14.5. The lowest BCUT2D eigenvalue weighted by Crippen LogP contribution is -2.18. The molecular formula is C29H56O4. The van der Waals surface area contributed by atoms with E-state index in [0.29, 0.717) is 6.42 Å². The lowest BCUT2D eigenvalue weighted by Gasteiger charge is -2.18. The van der Waals surface area contributed by atoms with E-state index in [2.05, 4.69) is 13.8 Å². The van der Waals surface area contributed by atoms with Crippen molar-refractivity contribution in [2.24, 2.45) is 0 Å². The van der Waals surface area contributed by atoms with Gasteiger partial charge in [-0.2, -0.15) is 0 Å². The van der Waals surface area contributed by atoms with Crippen LogP contribution < -0.4 is 0 Å². The molecule has 0 spiro atoms. The van der Waals surface area contributed by atoms with Gasteiger partial charge in [0.25, 0.3) is 0 Å². The molecule has 0 radical (unpaired) electrons. The van der Waals surface area contributed by atoms with E-state index in [1.54, 1.807) is 0 Å². The first-order chi connectivity index (χ1) is 16.1. The van der Waals surface area contributed by atoms with Crippen molar-refractivity contribution in [2.75, 3.05) is 0 Å². The minimum absolute atomic E-state index is 0.00923. The molecule has 0 aliphatic rings. The van der Waals surface area contributed by atoms with E-state index in [-0.39, 0.29) is 18.5 Å². The van der Waals surface area contributed by atoms with Gasteiger partial charge in [-0.15, -0.1) is 0 Å². The van der Waals surface area contributed by atoms with Gasteiger partial charge in [-0.1, -0.05) is 117 Å². The number of carbonyl (C=O) groups is 2. The summed E-state index contributed by atoms with van der Waals surface area (Å²) in [6.45, 7) is 4.47. The molecule has 0 aromatic carbocycles. The summed E-state index contributed by atoms with van der Waals surface area (Å²) in [7, 11) is 0. The van der Waals surface area contributed by atoms with Gasteiger partial charge in [-0.05, 0) is 38.5 Å². The Morgan fingerprint density at radius 1 is 0.545 bits per heavy atom. The predicted molar refractivity (Wildman–Crippen MR) is 140 cm³/mol. The van der Waals surface area contributed by atoms with E-state index in [0.717, 1.165) is 64.2 Å². The van der Waals surface area contributed by atoms with Gasteiger partial charge in [0.15, 0.2) is 0 Å². The van der Waals surface area contributed by atoms with Crippen LogP contribution in [-0.2, 0) is 14.3 Å². The molecule has 4 heteroatoms. The zero-order valence-corrected chi connectivity index (χ0v) is 22.2. The number of carbonyl (C=O) groups excluding carboxylic acids is 1. The Labute approximate surface area is 205 Å². The van der Waals surface area contributed by atoms with Crippen LogP contribution in [0.3, 0.4) is 0 Å². The molecule has 0 heterocycles. The van der Waals surface area contributed by atoms with E-state index < -0.39 is 5.97 Å². The van der Waals surface area contributed by atoms with Crippen molar-refractivity contribution < 1.29 is 19.4 Å². The monoisotopic (exact) mass is 468 g/mol. The van der Waals surface area contributed by atoms with Gasteiger partial charge >= 0.3 is 11.9 Å². The average Bonchev–Trinajstić information content (AvgIpc) is 2.79. The van der Waals surface area contributed by atoms with Crippen LogP contribution in [-0.4, -0.2) is 23.1 Å². The smallest absolute Gasteiger partial charge is 0.306 e. The number of rotatable bonds is 26. The minimum atomic E-state index is -0.703. The van der Waals surface area contributed by atoms with Crippen molar-refractivity contribution in [1.29, 1.82) is 0 Å². The van der Waals surface area contributed by atoms with Crippen molar-refractivity contribution in [3.8, 4) is 0 Å². The quantitative estimate of drug-likeness (QED) is 0.101. The SMILES string of the molecule is CCCCCCCCCCCCCCC(=O)OC(CCCCC)CCCCCCCC(=O)O. The number of carboxylic acid groups (broad SMARTS) is 1. The van der Waals surface area contributed by atoms with Crippen LogP contribution in [0, 0.1) is 0 Å². The lowest BCUT2D eigenvalue weighted by atomic mass is 10.0. The second-order valence-electron chi connectivity index (χ2n) is 9.95. The fourth-order valence-electron chi connectivity index (χ4n) is 4.42. The van der Waals surface area contributed by atoms with Gasteiger partial charge in [0.2, 0.25) is 0 Å². The summed E-state index contributed by atoms with van der Waals surface area (Å²) in [5.74, 6) is -0.712. The molecule has 1 atom stereocenters. The van der Waals surface area contributed by atoms with E-state index in [9.17, 15) is 9.59 Å². The molecule has 0 saturated heterocycles. The highest BCUT2D eigenvalue weighted by atomic mass is 16.5. The Morgan fingerprint density at radius 3 is 1.39 bits per heavy atom. The molecule has 0 aromatic heterocycles. The maximum absolute atomic E-state index is 12.3. The van der Waals surface area contributed by atoms with Crippen LogP contribution in [0.15, 0.2) is 0 Å². The largest absolute Gasteiger partial charge is 0.481 e. The maximum Gasteiger partial charge on any atom is 0.306 e. The second-order valence-corrected chi connectivity index (χ2v) is 9.95. The first-order valence-electron chi connectivity index (χ1n) is 14.5. The van der Waals surface area contributed by atoms with E-state index in [1.165, 1.54) is 77.0 Å². The van der Waals surface area contributed by atoms with Gasteiger partial charge in [-0.25, -0.2) is 0 Å². The number of unbranched alkanes of at least 4 members (excludes halogenated alkanes) is 17. The summed E-state index contributed by atoms with van der Waals surface area (Å²) in [6.07, 6.45) is 27.0. The summed E-state index contributed by atoms with van der Waals surface area (Å²) in [6, 6.07) is 0. The van der Waals surface area contributed by atoms with Crippen LogP contribution >= 0.6 is 0 Å².